The molecule has 0 bridgehead atoms. The molecule has 4 heteroatoms. The summed E-state index contributed by atoms with van der Waals surface area (Å²) in [6.07, 6.45) is 0.337. The van der Waals surface area contributed by atoms with Crippen molar-refractivity contribution < 1.29 is 9.18 Å². The highest BCUT2D eigenvalue weighted by Crippen LogP contribution is 2.41. The summed E-state index contributed by atoms with van der Waals surface area (Å²) in [6, 6.07) is 6.45. The van der Waals surface area contributed by atoms with Gasteiger partial charge in [0, 0.05) is 19.1 Å². The standard InChI is InChI=1S/C13H15FN2O/c14-9-3-1-8(2-4-9)5-12(17)16-13-10-6-15-7-11(10)13/h1-4,10-11,13,15H,5-7H2,(H,16,17). The first kappa shape index (κ1) is 10.7. The molecule has 17 heavy (non-hydrogen) atoms. The van der Waals surface area contributed by atoms with Crippen molar-refractivity contribution in [1.29, 1.82) is 0 Å². The van der Waals surface area contributed by atoms with Crippen LogP contribution in [-0.2, 0) is 11.2 Å². The predicted octanol–water partition coefficient (Wildman–Crippen LogP) is 0.702. The van der Waals surface area contributed by atoms with Gasteiger partial charge in [-0.3, -0.25) is 4.79 Å². The van der Waals surface area contributed by atoms with Crippen molar-refractivity contribution in [2.75, 3.05) is 13.1 Å². The van der Waals surface area contributed by atoms with Crippen molar-refractivity contribution >= 4 is 5.91 Å². The topological polar surface area (TPSA) is 41.1 Å². The molecule has 2 N–H and O–H groups in total. The molecule has 1 heterocycles. The van der Waals surface area contributed by atoms with Gasteiger partial charge in [-0.2, -0.15) is 0 Å². The van der Waals surface area contributed by atoms with Gasteiger partial charge in [-0.1, -0.05) is 12.1 Å². The minimum Gasteiger partial charge on any atom is -0.352 e. The van der Waals surface area contributed by atoms with Crippen LogP contribution in [-0.4, -0.2) is 25.0 Å². The van der Waals surface area contributed by atoms with Crippen LogP contribution in [0.3, 0.4) is 0 Å². The number of halogens is 1. The van der Waals surface area contributed by atoms with E-state index in [0.29, 0.717) is 24.3 Å². The van der Waals surface area contributed by atoms with Crippen LogP contribution in [0.1, 0.15) is 5.56 Å². The monoisotopic (exact) mass is 234 g/mol. The Bertz CT molecular complexity index is 422. The van der Waals surface area contributed by atoms with Gasteiger partial charge in [0.05, 0.1) is 6.42 Å². The SMILES string of the molecule is O=C(Cc1ccc(F)cc1)NC1C2CNCC21. The summed E-state index contributed by atoms with van der Waals surface area (Å²) in [5, 5.41) is 6.33. The fourth-order valence-electron chi connectivity index (χ4n) is 2.66. The summed E-state index contributed by atoms with van der Waals surface area (Å²) in [5.41, 5.74) is 0.854. The third kappa shape index (κ3) is 2.17. The summed E-state index contributed by atoms with van der Waals surface area (Å²) in [6.45, 7) is 2.04. The van der Waals surface area contributed by atoms with Gasteiger partial charge in [-0.15, -0.1) is 0 Å². The van der Waals surface area contributed by atoms with Crippen LogP contribution in [0.2, 0.25) is 0 Å². The molecule has 1 saturated heterocycles. The highest BCUT2D eigenvalue weighted by atomic mass is 19.1. The van der Waals surface area contributed by atoms with Crippen molar-refractivity contribution in [3.05, 3.63) is 35.6 Å². The van der Waals surface area contributed by atoms with Gasteiger partial charge in [-0.05, 0) is 29.5 Å². The second-order valence-electron chi connectivity index (χ2n) is 4.88. The number of hydrogen-bond acceptors (Lipinski definition) is 2. The van der Waals surface area contributed by atoms with Gasteiger partial charge in [-0.25, -0.2) is 4.39 Å². The molecule has 1 saturated carbocycles. The summed E-state index contributed by atoms with van der Waals surface area (Å²) in [4.78, 5) is 11.8. The Hall–Kier alpha value is -1.42. The van der Waals surface area contributed by atoms with E-state index in [0.717, 1.165) is 18.7 Å². The van der Waals surface area contributed by atoms with Crippen LogP contribution in [0, 0.1) is 17.7 Å². The Kier molecular flexibility index (Phi) is 2.59. The lowest BCUT2D eigenvalue weighted by Gasteiger charge is -2.07. The molecule has 1 amide bonds. The summed E-state index contributed by atoms with van der Waals surface area (Å²) in [5.74, 6) is 1.03. The van der Waals surface area contributed by atoms with Gasteiger partial charge in [0.25, 0.3) is 0 Å². The van der Waals surface area contributed by atoms with E-state index in [1.54, 1.807) is 12.1 Å². The Morgan fingerprint density at radius 3 is 2.59 bits per heavy atom. The highest BCUT2D eigenvalue weighted by molar-refractivity contribution is 5.79. The van der Waals surface area contributed by atoms with Gasteiger partial charge < -0.3 is 10.6 Å². The number of carbonyl (C=O) groups is 1. The molecule has 3 rings (SSSR count). The Balaban J connectivity index is 1.52. The quantitative estimate of drug-likeness (QED) is 0.808. The zero-order valence-corrected chi connectivity index (χ0v) is 9.45. The Morgan fingerprint density at radius 2 is 1.94 bits per heavy atom. The molecule has 1 aliphatic heterocycles. The average Bonchev–Trinajstić information content (AvgIpc) is 2.77. The van der Waals surface area contributed by atoms with E-state index < -0.39 is 0 Å². The minimum atomic E-state index is -0.267. The predicted molar refractivity (Wildman–Crippen MR) is 61.9 cm³/mol. The minimum absolute atomic E-state index is 0.0380. The van der Waals surface area contributed by atoms with E-state index in [4.69, 9.17) is 0 Å². The third-order valence-electron chi connectivity index (χ3n) is 3.70. The molecule has 2 unspecified atom stereocenters. The van der Waals surface area contributed by atoms with Crippen molar-refractivity contribution in [2.45, 2.75) is 12.5 Å². The van der Waals surface area contributed by atoms with E-state index in [-0.39, 0.29) is 11.7 Å². The molecule has 1 aromatic rings. The van der Waals surface area contributed by atoms with Crippen LogP contribution < -0.4 is 10.6 Å². The molecule has 2 atom stereocenters. The fourth-order valence-corrected chi connectivity index (χ4v) is 2.66. The van der Waals surface area contributed by atoms with Crippen LogP contribution in [0.5, 0.6) is 0 Å². The number of rotatable bonds is 3. The molecule has 3 nitrogen and oxygen atoms in total. The van der Waals surface area contributed by atoms with Gasteiger partial charge in [0.1, 0.15) is 5.82 Å². The molecule has 0 spiro atoms. The van der Waals surface area contributed by atoms with E-state index in [1.165, 1.54) is 12.1 Å². The number of piperidine rings is 1. The second kappa shape index (κ2) is 4.11. The fraction of sp³-hybridized carbons (Fsp3) is 0.462. The highest BCUT2D eigenvalue weighted by Gasteiger charge is 2.53. The maximum absolute atomic E-state index is 12.7. The third-order valence-corrected chi connectivity index (χ3v) is 3.70. The van der Waals surface area contributed by atoms with Crippen LogP contribution in [0.15, 0.2) is 24.3 Å². The molecule has 0 aromatic heterocycles. The zero-order chi connectivity index (χ0) is 11.8. The number of benzene rings is 1. The summed E-state index contributed by atoms with van der Waals surface area (Å²) in [7, 11) is 0. The lowest BCUT2D eigenvalue weighted by Crippen LogP contribution is -2.33. The normalized spacial score (nSPS) is 29.8. The molecule has 2 fully saturated rings. The molecule has 2 aliphatic rings. The molecule has 90 valence electrons. The maximum Gasteiger partial charge on any atom is 0.224 e. The summed E-state index contributed by atoms with van der Waals surface area (Å²) < 4.78 is 12.7. The van der Waals surface area contributed by atoms with Gasteiger partial charge in [0.15, 0.2) is 0 Å². The van der Waals surface area contributed by atoms with E-state index in [9.17, 15) is 9.18 Å². The van der Waals surface area contributed by atoms with Gasteiger partial charge in [0.2, 0.25) is 5.91 Å². The maximum atomic E-state index is 12.7. The van der Waals surface area contributed by atoms with Crippen molar-refractivity contribution in [2.24, 2.45) is 11.8 Å². The Morgan fingerprint density at radius 1 is 1.29 bits per heavy atom. The number of amides is 1. The van der Waals surface area contributed by atoms with Crippen LogP contribution in [0.25, 0.3) is 0 Å². The molecular formula is C13H15FN2O. The molecule has 1 aromatic carbocycles. The first-order chi connectivity index (χ1) is 8.24. The van der Waals surface area contributed by atoms with E-state index >= 15 is 0 Å². The lowest BCUT2D eigenvalue weighted by atomic mass is 10.1. The van der Waals surface area contributed by atoms with Crippen molar-refractivity contribution in [3.63, 3.8) is 0 Å². The number of carbonyl (C=O) groups excluding carboxylic acids is 1. The van der Waals surface area contributed by atoms with Crippen molar-refractivity contribution in [1.82, 2.24) is 10.6 Å². The number of hydrogen-bond donors (Lipinski definition) is 2. The first-order valence-corrected chi connectivity index (χ1v) is 5.98. The van der Waals surface area contributed by atoms with Crippen LogP contribution in [0.4, 0.5) is 4.39 Å². The van der Waals surface area contributed by atoms with E-state index in [2.05, 4.69) is 10.6 Å². The Labute approximate surface area is 99.4 Å². The zero-order valence-electron chi connectivity index (χ0n) is 9.45. The van der Waals surface area contributed by atoms with E-state index in [1.807, 2.05) is 0 Å². The molecular weight excluding hydrogens is 219 g/mol. The largest absolute Gasteiger partial charge is 0.352 e. The second-order valence-corrected chi connectivity index (χ2v) is 4.88. The first-order valence-electron chi connectivity index (χ1n) is 5.98. The lowest BCUT2D eigenvalue weighted by molar-refractivity contribution is -0.120. The number of fused-ring (bicyclic) bond motifs is 1. The number of nitrogens with one attached hydrogen (secondary N) is 2. The van der Waals surface area contributed by atoms with Crippen molar-refractivity contribution in [3.8, 4) is 0 Å². The van der Waals surface area contributed by atoms with Gasteiger partial charge >= 0.3 is 0 Å². The smallest absolute Gasteiger partial charge is 0.224 e. The average molecular weight is 234 g/mol. The molecule has 1 aliphatic carbocycles. The summed E-state index contributed by atoms with van der Waals surface area (Å²) >= 11 is 0. The molecule has 0 radical (unpaired) electrons. The van der Waals surface area contributed by atoms with Crippen LogP contribution >= 0.6 is 0 Å².